The highest BCUT2D eigenvalue weighted by molar-refractivity contribution is 6.06. The van der Waals surface area contributed by atoms with Crippen LogP contribution in [0, 0.1) is 0 Å². The Morgan fingerprint density at radius 3 is 2.12 bits per heavy atom. The van der Waals surface area contributed by atoms with Gasteiger partial charge in [-0.3, -0.25) is 15.0 Å². The van der Waals surface area contributed by atoms with Crippen LogP contribution < -0.4 is 16.5 Å². The Morgan fingerprint density at radius 1 is 0.909 bits per heavy atom. The van der Waals surface area contributed by atoms with Gasteiger partial charge in [0.1, 0.15) is 0 Å². The zero-order valence-corrected chi connectivity index (χ0v) is 19.8. The van der Waals surface area contributed by atoms with Gasteiger partial charge in [0.15, 0.2) is 0 Å². The van der Waals surface area contributed by atoms with E-state index in [0.717, 1.165) is 28.9 Å². The number of rotatable bonds is 6. The van der Waals surface area contributed by atoms with Crippen LogP contribution in [-0.2, 0) is 0 Å². The summed E-state index contributed by atoms with van der Waals surface area (Å²) < 4.78 is 0. The maximum absolute atomic E-state index is 12.1. The fourth-order valence-corrected chi connectivity index (χ4v) is 3.30. The lowest BCUT2D eigenvalue weighted by atomic mass is 10.0. The van der Waals surface area contributed by atoms with Crippen LogP contribution in [0.3, 0.4) is 0 Å². The first-order valence-electron chi connectivity index (χ1n) is 9.53. The zero-order valence-electron chi connectivity index (χ0n) is 17.4. The number of fused-ring (bicyclic) bond motifs is 1. The first-order chi connectivity index (χ1) is 14.7. The number of hydrogen-bond acceptors (Lipinski definition) is 6. The van der Waals surface area contributed by atoms with Gasteiger partial charge < -0.3 is 11.1 Å². The van der Waals surface area contributed by atoms with E-state index in [1.807, 2.05) is 36.4 Å². The van der Waals surface area contributed by atoms with Crippen molar-refractivity contribution in [2.75, 3.05) is 18.4 Å². The summed E-state index contributed by atoms with van der Waals surface area (Å²) in [7, 11) is 0. The maximum atomic E-state index is 12.1. The van der Waals surface area contributed by atoms with Gasteiger partial charge in [-0.15, -0.1) is 37.2 Å². The minimum absolute atomic E-state index is 0. The van der Waals surface area contributed by atoms with Crippen molar-refractivity contribution in [2.24, 2.45) is 5.73 Å². The standard InChI is InChI=1S/C23H21N5O2.3ClH/c24-10-12-26-18-7-5-16(6-8-18)15-1-3-17(4-2-15)22-13-19(23(29)28-30)20-14-25-11-9-21(20)27-22;;;/h1-9,11,13-14,26,30H,10,12,24H2,(H,28,29);3*1H. The van der Waals surface area contributed by atoms with E-state index in [1.165, 1.54) is 0 Å². The number of hydrogen-bond donors (Lipinski definition) is 4. The number of nitrogens with zero attached hydrogens (tertiary/aromatic N) is 2. The largest absolute Gasteiger partial charge is 0.384 e. The van der Waals surface area contributed by atoms with E-state index in [0.29, 0.717) is 28.7 Å². The van der Waals surface area contributed by atoms with Crippen LogP contribution in [0.25, 0.3) is 33.3 Å². The third-order valence-electron chi connectivity index (χ3n) is 4.83. The van der Waals surface area contributed by atoms with Crippen molar-refractivity contribution in [2.45, 2.75) is 0 Å². The summed E-state index contributed by atoms with van der Waals surface area (Å²) in [6, 6.07) is 19.5. The first kappa shape index (κ1) is 28.1. The molecule has 0 spiro atoms. The molecule has 4 rings (SSSR count). The molecular weight excluding hydrogens is 485 g/mol. The normalized spacial score (nSPS) is 9.76. The molecule has 33 heavy (non-hydrogen) atoms. The number of hydroxylamine groups is 1. The molecule has 0 saturated carbocycles. The Morgan fingerprint density at radius 2 is 1.52 bits per heavy atom. The van der Waals surface area contributed by atoms with Crippen LogP contribution in [0.5, 0.6) is 0 Å². The highest BCUT2D eigenvalue weighted by Crippen LogP contribution is 2.27. The molecule has 7 nitrogen and oxygen atoms in total. The van der Waals surface area contributed by atoms with E-state index >= 15 is 0 Å². The number of benzene rings is 2. The number of carbonyl (C=O) groups is 1. The lowest BCUT2D eigenvalue weighted by Crippen LogP contribution is -2.19. The quantitative estimate of drug-likeness (QED) is 0.221. The Balaban J connectivity index is 0.00000181. The zero-order chi connectivity index (χ0) is 20.9. The molecule has 2 heterocycles. The topological polar surface area (TPSA) is 113 Å². The fourth-order valence-electron chi connectivity index (χ4n) is 3.30. The Hall–Kier alpha value is -2.94. The number of pyridine rings is 2. The third kappa shape index (κ3) is 6.31. The van der Waals surface area contributed by atoms with Gasteiger partial charge in [-0.25, -0.2) is 10.5 Å². The van der Waals surface area contributed by atoms with Crippen LogP contribution in [0.2, 0.25) is 0 Å². The number of aromatic nitrogens is 2. The summed E-state index contributed by atoms with van der Waals surface area (Å²) in [6.45, 7) is 1.32. The van der Waals surface area contributed by atoms with E-state index in [2.05, 4.69) is 27.4 Å². The number of carbonyl (C=O) groups excluding carboxylic acids is 1. The van der Waals surface area contributed by atoms with Crippen molar-refractivity contribution in [3.8, 4) is 22.4 Å². The highest BCUT2D eigenvalue weighted by atomic mass is 35.5. The Kier molecular flexibility index (Phi) is 11.0. The summed E-state index contributed by atoms with van der Waals surface area (Å²) in [5, 5.41) is 12.9. The number of anilines is 1. The van der Waals surface area contributed by atoms with Gasteiger partial charge in [0.2, 0.25) is 0 Å². The van der Waals surface area contributed by atoms with Gasteiger partial charge in [0.05, 0.1) is 16.8 Å². The molecule has 0 aliphatic rings. The smallest absolute Gasteiger partial charge is 0.275 e. The molecule has 0 atom stereocenters. The van der Waals surface area contributed by atoms with Gasteiger partial charge in [0.25, 0.3) is 5.91 Å². The van der Waals surface area contributed by atoms with Crippen molar-refractivity contribution >= 4 is 59.7 Å². The second kappa shape index (κ2) is 12.9. The van der Waals surface area contributed by atoms with E-state index in [4.69, 9.17) is 10.9 Å². The van der Waals surface area contributed by atoms with Crippen molar-refractivity contribution in [3.05, 3.63) is 78.6 Å². The molecular formula is C23H24Cl3N5O2. The summed E-state index contributed by atoms with van der Waals surface area (Å²) >= 11 is 0. The average molecular weight is 509 g/mol. The summed E-state index contributed by atoms with van der Waals surface area (Å²) in [4.78, 5) is 20.8. The van der Waals surface area contributed by atoms with Crippen molar-refractivity contribution in [1.29, 1.82) is 0 Å². The summed E-state index contributed by atoms with van der Waals surface area (Å²) in [6.07, 6.45) is 3.18. The minimum atomic E-state index is -0.600. The second-order valence-corrected chi connectivity index (χ2v) is 6.76. The SMILES string of the molecule is Cl.Cl.Cl.NCCNc1ccc(-c2ccc(-c3cc(C(=O)NO)c4cnccc4n3)cc2)cc1. The minimum Gasteiger partial charge on any atom is -0.384 e. The number of nitrogens with two attached hydrogens (primary N) is 1. The highest BCUT2D eigenvalue weighted by Gasteiger charge is 2.13. The van der Waals surface area contributed by atoms with Crippen LogP contribution in [0.15, 0.2) is 73.1 Å². The molecule has 174 valence electrons. The Bertz CT molecular complexity index is 1190. The predicted octanol–water partition coefficient (Wildman–Crippen LogP) is 4.72. The molecule has 0 unspecified atom stereocenters. The van der Waals surface area contributed by atoms with Crippen LogP contribution >= 0.6 is 37.2 Å². The van der Waals surface area contributed by atoms with Crippen LogP contribution in [0.1, 0.15) is 10.4 Å². The lowest BCUT2D eigenvalue weighted by Gasteiger charge is -2.10. The Labute approximate surface area is 210 Å². The summed E-state index contributed by atoms with van der Waals surface area (Å²) in [5.74, 6) is -0.600. The molecule has 0 saturated heterocycles. The lowest BCUT2D eigenvalue weighted by molar-refractivity contribution is 0.0708. The second-order valence-electron chi connectivity index (χ2n) is 6.76. The molecule has 0 fully saturated rings. The van der Waals surface area contributed by atoms with Gasteiger partial charge in [0, 0.05) is 42.1 Å². The van der Waals surface area contributed by atoms with E-state index in [9.17, 15) is 4.79 Å². The van der Waals surface area contributed by atoms with Gasteiger partial charge in [-0.1, -0.05) is 36.4 Å². The molecule has 4 aromatic rings. The molecule has 0 radical (unpaired) electrons. The molecule has 0 aliphatic heterocycles. The summed E-state index contributed by atoms with van der Waals surface area (Å²) in [5.41, 5.74) is 12.9. The molecule has 5 N–H and O–H groups in total. The maximum Gasteiger partial charge on any atom is 0.275 e. The van der Waals surface area contributed by atoms with Gasteiger partial charge in [-0.2, -0.15) is 0 Å². The monoisotopic (exact) mass is 507 g/mol. The molecule has 2 aromatic heterocycles. The number of amides is 1. The van der Waals surface area contributed by atoms with Crippen molar-refractivity contribution in [3.63, 3.8) is 0 Å². The number of nitrogens with one attached hydrogen (secondary N) is 2. The predicted molar refractivity (Wildman–Crippen MR) is 139 cm³/mol. The molecule has 1 amide bonds. The first-order valence-corrected chi connectivity index (χ1v) is 9.53. The van der Waals surface area contributed by atoms with Crippen molar-refractivity contribution < 1.29 is 10.0 Å². The van der Waals surface area contributed by atoms with E-state index in [1.54, 1.807) is 30.0 Å². The third-order valence-corrected chi connectivity index (χ3v) is 4.83. The average Bonchev–Trinajstić information content (AvgIpc) is 2.82. The molecule has 2 aromatic carbocycles. The fraction of sp³-hybridized carbons (Fsp3) is 0.0870. The molecule has 10 heteroatoms. The molecule has 0 bridgehead atoms. The van der Waals surface area contributed by atoms with E-state index < -0.39 is 5.91 Å². The van der Waals surface area contributed by atoms with E-state index in [-0.39, 0.29) is 37.2 Å². The number of halogens is 3. The van der Waals surface area contributed by atoms with Crippen molar-refractivity contribution in [1.82, 2.24) is 15.4 Å². The molecule has 0 aliphatic carbocycles. The van der Waals surface area contributed by atoms with Crippen LogP contribution in [0.4, 0.5) is 5.69 Å². The van der Waals surface area contributed by atoms with Gasteiger partial charge in [-0.05, 0) is 35.4 Å². The van der Waals surface area contributed by atoms with Gasteiger partial charge >= 0.3 is 0 Å². The van der Waals surface area contributed by atoms with Crippen LogP contribution in [-0.4, -0.2) is 34.2 Å².